The zero-order valence-corrected chi connectivity index (χ0v) is 10.7. The summed E-state index contributed by atoms with van der Waals surface area (Å²) in [6.07, 6.45) is 5.51. The first-order chi connectivity index (χ1) is 8.69. The number of hydrazine groups is 1. The van der Waals surface area contributed by atoms with Crippen molar-refractivity contribution >= 4 is 5.82 Å². The standard InChI is InChI=1S/C12H18N6/c1-17(9-12-15-5-6-18(12)2)8-10-3-4-14-11(7-10)16-13/h3-7H,8-9,13H2,1-2H3,(H,14,16). The molecule has 2 aromatic rings. The Morgan fingerprint density at radius 1 is 1.33 bits per heavy atom. The quantitative estimate of drug-likeness (QED) is 0.601. The minimum atomic E-state index is 0.679. The highest BCUT2D eigenvalue weighted by Crippen LogP contribution is 2.09. The van der Waals surface area contributed by atoms with E-state index in [0.717, 1.165) is 24.5 Å². The maximum Gasteiger partial charge on any atom is 0.140 e. The monoisotopic (exact) mass is 246 g/mol. The average Bonchev–Trinajstić information content (AvgIpc) is 2.75. The summed E-state index contributed by atoms with van der Waals surface area (Å²) in [6.45, 7) is 1.63. The van der Waals surface area contributed by atoms with Crippen LogP contribution in [0.3, 0.4) is 0 Å². The Balaban J connectivity index is 1.98. The lowest BCUT2D eigenvalue weighted by molar-refractivity contribution is 0.307. The second-order valence-corrected chi connectivity index (χ2v) is 4.32. The van der Waals surface area contributed by atoms with Crippen molar-refractivity contribution in [3.8, 4) is 0 Å². The van der Waals surface area contributed by atoms with Gasteiger partial charge < -0.3 is 9.99 Å². The summed E-state index contributed by atoms with van der Waals surface area (Å²) in [5, 5.41) is 0. The van der Waals surface area contributed by atoms with Crippen LogP contribution in [0, 0.1) is 0 Å². The molecular weight excluding hydrogens is 228 g/mol. The van der Waals surface area contributed by atoms with E-state index in [2.05, 4.69) is 27.3 Å². The molecule has 18 heavy (non-hydrogen) atoms. The molecule has 0 aromatic carbocycles. The lowest BCUT2D eigenvalue weighted by Gasteiger charge is -2.16. The van der Waals surface area contributed by atoms with Crippen molar-refractivity contribution in [2.24, 2.45) is 12.9 Å². The van der Waals surface area contributed by atoms with Crippen LogP contribution in [0.25, 0.3) is 0 Å². The third-order valence-corrected chi connectivity index (χ3v) is 2.76. The number of hydrogen-bond donors (Lipinski definition) is 2. The van der Waals surface area contributed by atoms with Gasteiger partial charge in [-0.05, 0) is 24.7 Å². The number of hydrogen-bond acceptors (Lipinski definition) is 5. The van der Waals surface area contributed by atoms with Crippen LogP contribution in [-0.2, 0) is 20.1 Å². The molecule has 0 aliphatic heterocycles. The van der Waals surface area contributed by atoms with E-state index >= 15 is 0 Å². The number of rotatable bonds is 5. The first kappa shape index (κ1) is 12.5. The average molecular weight is 246 g/mol. The summed E-state index contributed by atoms with van der Waals surface area (Å²) in [7, 11) is 4.06. The predicted octanol–water partition coefficient (Wildman–Crippen LogP) is 0.733. The molecule has 0 saturated heterocycles. The molecule has 0 unspecified atom stereocenters. The smallest absolute Gasteiger partial charge is 0.140 e. The highest BCUT2D eigenvalue weighted by molar-refractivity contribution is 5.35. The minimum absolute atomic E-state index is 0.679. The zero-order valence-electron chi connectivity index (χ0n) is 10.7. The fourth-order valence-corrected chi connectivity index (χ4v) is 1.81. The Bertz CT molecular complexity index is 507. The molecule has 6 heteroatoms. The molecule has 0 bridgehead atoms. The van der Waals surface area contributed by atoms with Crippen LogP contribution in [0.15, 0.2) is 30.7 Å². The van der Waals surface area contributed by atoms with E-state index in [1.54, 1.807) is 6.20 Å². The molecule has 0 spiro atoms. The molecule has 0 aliphatic rings. The van der Waals surface area contributed by atoms with Crippen LogP contribution >= 0.6 is 0 Å². The van der Waals surface area contributed by atoms with Gasteiger partial charge in [0.2, 0.25) is 0 Å². The molecule has 0 fully saturated rings. The van der Waals surface area contributed by atoms with Crippen molar-refractivity contribution < 1.29 is 0 Å². The number of nitrogens with one attached hydrogen (secondary N) is 1. The van der Waals surface area contributed by atoms with Gasteiger partial charge in [0.25, 0.3) is 0 Å². The van der Waals surface area contributed by atoms with Crippen molar-refractivity contribution in [3.63, 3.8) is 0 Å². The number of nitrogens with zero attached hydrogens (tertiary/aromatic N) is 4. The summed E-state index contributed by atoms with van der Waals surface area (Å²) in [5.41, 5.74) is 3.71. The Kier molecular flexibility index (Phi) is 3.91. The predicted molar refractivity (Wildman–Crippen MR) is 70.4 cm³/mol. The van der Waals surface area contributed by atoms with E-state index in [-0.39, 0.29) is 0 Å². The third-order valence-electron chi connectivity index (χ3n) is 2.76. The molecule has 0 saturated carbocycles. The minimum Gasteiger partial charge on any atom is -0.337 e. The largest absolute Gasteiger partial charge is 0.337 e. The Morgan fingerprint density at radius 2 is 2.17 bits per heavy atom. The lowest BCUT2D eigenvalue weighted by atomic mass is 10.2. The van der Waals surface area contributed by atoms with Crippen molar-refractivity contribution in [1.82, 2.24) is 19.4 Å². The van der Waals surface area contributed by atoms with Gasteiger partial charge in [0, 0.05) is 32.2 Å². The summed E-state index contributed by atoms with van der Waals surface area (Å²) in [6, 6.07) is 3.92. The Hall–Kier alpha value is -1.92. The second-order valence-electron chi connectivity index (χ2n) is 4.32. The van der Waals surface area contributed by atoms with E-state index in [1.165, 1.54) is 0 Å². The van der Waals surface area contributed by atoms with Gasteiger partial charge in [-0.3, -0.25) is 4.90 Å². The molecular formula is C12H18N6. The van der Waals surface area contributed by atoms with Crippen LogP contribution in [0.2, 0.25) is 0 Å². The molecule has 96 valence electrons. The first-order valence-electron chi connectivity index (χ1n) is 5.75. The maximum atomic E-state index is 5.34. The van der Waals surface area contributed by atoms with Crippen LogP contribution in [0.4, 0.5) is 5.82 Å². The van der Waals surface area contributed by atoms with Crippen molar-refractivity contribution in [2.75, 3.05) is 12.5 Å². The molecule has 6 nitrogen and oxygen atoms in total. The second kappa shape index (κ2) is 5.61. The third kappa shape index (κ3) is 3.06. The number of aromatic nitrogens is 3. The van der Waals surface area contributed by atoms with Gasteiger partial charge in [-0.2, -0.15) is 0 Å². The summed E-state index contributed by atoms with van der Waals surface area (Å²) < 4.78 is 2.02. The topological polar surface area (TPSA) is 72.0 Å². The normalized spacial score (nSPS) is 10.9. The van der Waals surface area contributed by atoms with Gasteiger partial charge in [-0.25, -0.2) is 15.8 Å². The maximum absolute atomic E-state index is 5.34. The summed E-state index contributed by atoms with van der Waals surface area (Å²) >= 11 is 0. The Morgan fingerprint density at radius 3 is 2.83 bits per heavy atom. The van der Waals surface area contributed by atoms with E-state index in [0.29, 0.717) is 5.82 Å². The highest BCUT2D eigenvalue weighted by Gasteiger charge is 2.05. The van der Waals surface area contributed by atoms with E-state index in [4.69, 9.17) is 5.84 Å². The fraction of sp³-hybridized carbons (Fsp3) is 0.333. The van der Waals surface area contributed by atoms with E-state index < -0.39 is 0 Å². The molecule has 0 atom stereocenters. The molecule has 0 aliphatic carbocycles. The molecule has 2 aromatic heterocycles. The first-order valence-corrected chi connectivity index (χ1v) is 5.75. The van der Waals surface area contributed by atoms with Gasteiger partial charge in [0.1, 0.15) is 11.6 Å². The van der Waals surface area contributed by atoms with E-state index in [1.807, 2.05) is 36.1 Å². The van der Waals surface area contributed by atoms with E-state index in [9.17, 15) is 0 Å². The summed E-state index contributed by atoms with van der Waals surface area (Å²) in [4.78, 5) is 10.6. The number of imidazole rings is 1. The number of nitrogen functional groups attached to an aromatic ring is 1. The zero-order chi connectivity index (χ0) is 13.0. The fourth-order valence-electron chi connectivity index (χ4n) is 1.81. The van der Waals surface area contributed by atoms with Gasteiger partial charge in [-0.15, -0.1) is 0 Å². The van der Waals surface area contributed by atoms with Gasteiger partial charge in [0.05, 0.1) is 6.54 Å². The highest BCUT2D eigenvalue weighted by atomic mass is 15.2. The van der Waals surface area contributed by atoms with Crippen LogP contribution in [0.5, 0.6) is 0 Å². The van der Waals surface area contributed by atoms with Crippen LogP contribution < -0.4 is 11.3 Å². The lowest BCUT2D eigenvalue weighted by Crippen LogP contribution is -2.19. The molecule has 0 radical (unpaired) electrons. The molecule has 2 rings (SSSR count). The number of nitrogens with two attached hydrogens (primary N) is 1. The molecule has 3 N–H and O–H groups in total. The van der Waals surface area contributed by atoms with Crippen molar-refractivity contribution in [1.29, 1.82) is 0 Å². The van der Waals surface area contributed by atoms with Crippen molar-refractivity contribution in [2.45, 2.75) is 13.1 Å². The van der Waals surface area contributed by atoms with Gasteiger partial charge in [0.15, 0.2) is 0 Å². The molecule has 0 amide bonds. The van der Waals surface area contributed by atoms with Crippen LogP contribution in [-0.4, -0.2) is 26.5 Å². The number of anilines is 1. The summed E-state index contributed by atoms with van der Waals surface area (Å²) in [5.74, 6) is 7.06. The van der Waals surface area contributed by atoms with Crippen LogP contribution in [0.1, 0.15) is 11.4 Å². The number of pyridine rings is 1. The number of aryl methyl sites for hydroxylation is 1. The van der Waals surface area contributed by atoms with Gasteiger partial charge in [-0.1, -0.05) is 0 Å². The SMILES string of the molecule is CN(Cc1ccnc(NN)c1)Cc1nccn1C. The van der Waals surface area contributed by atoms with Gasteiger partial charge >= 0.3 is 0 Å². The Labute approximate surface area is 106 Å². The molecule has 2 heterocycles. The van der Waals surface area contributed by atoms with Crippen molar-refractivity contribution in [3.05, 3.63) is 42.1 Å².